The highest BCUT2D eigenvalue weighted by atomic mass is 32.1. The van der Waals surface area contributed by atoms with Gasteiger partial charge in [0.05, 0.1) is 5.69 Å². The monoisotopic (exact) mass is 369 g/mol. The number of hydrogen-bond acceptors (Lipinski definition) is 5. The number of aromatic nitrogens is 2. The highest BCUT2D eigenvalue weighted by Gasteiger charge is 2.22. The summed E-state index contributed by atoms with van der Waals surface area (Å²) in [6.45, 7) is 12.1. The molecule has 0 aliphatic heterocycles. The van der Waals surface area contributed by atoms with Crippen molar-refractivity contribution in [2.75, 3.05) is 5.32 Å². The average Bonchev–Trinajstić information content (AvgIpc) is 3.13. The van der Waals surface area contributed by atoms with E-state index < -0.39 is 0 Å². The third kappa shape index (κ3) is 3.70. The van der Waals surface area contributed by atoms with Gasteiger partial charge in [0, 0.05) is 17.0 Å². The Morgan fingerprint density at radius 1 is 1.15 bits per heavy atom. The summed E-state index contributed by atoms with van der Waals surface area (Å²) < 4.78 is 5.32. The molecule has 0 fully saturated rings. The van der Waals surface area contributed by atoms with E-state index in [-0.39, 0.29) is 11.3 Å². The van der Waals surface area contributed by atoms with E-state index in [4.69, 9.17) is 4.52 Å². The largest absolute Gasteiger partial charge is 0.359 e. The molecule has 2 aromatic heterocycles. The van der Waals surface area contributed by atoms with Crippen LogP contribution in [-0.4, -0.2) is 16.0 Å². The van der Waals surface area contributed by atoms with E-state index in [1.165, 1.54) is 16.9 Å². The Morgan fingerprint density at radius 2 is 1.88 bits per heavy atom. The van der Waals surface area contributed by atoms with Gasteiger partial charge in [-0.3, -0.25) is 4.79 Å². The van der Waals surface area contributed by atoms with Crippen molar-refractivity contribution < 1.29 is 9.32 Å². The topological polar surface area (TPSA) is 68.0 Å². The molecule has 0 atom stereocenters. The van der Waals surface area contributed by atoms with Crippen LogP contribution < -0.4 is 5.32 Å². The van der Waals surface area contributed by atoms with E-state index in [0.717, 1.165) is 21.9 Å². The van der Waals surface area contributed by atoms with Gasteiger partial charge in [0.2, 0.25) is 0 Å². The number of carbonyl (C=O) groups excluding carboxylic acids is 1. The Balaban J connectivity index is 1.84. The zero-order valence-corrected chi connectivity index (χ0v) is 16.7. The highest BCUT2D eigenvalue weighted by Crippen LogP contribution is 2.31. The summed E-state index contributed by atoms with van der Waals surface area (Å²) in [5.41, 5.74) is 3.96. The van der Waals surface area contributed by atoms with Gasteiger partial charge in [-0.2, -0.15) is 0 Å². The number of nitrogens with one attached hydrogen (secondary N) is 1. The van der Waals surface area contributed by atoms with Crippen LogP contribution in [0, 0.1) is 20.8 Å². The number of carbonyl (C=O) groups is 1. The van der Waals surface area contributed by atoms with Crippen LogP contribution in [0.4, 0.5) is 5.82 Å². The maximum Gasteiger partial charge on any atom is 0.268 e. The van der Waals surface area contributed by atoms with E-state index >= 15 is 0 Å². The molecule has 0 saturated carbocycles. The second kappa shape index (κ2) is 6.68. The van der Waals surface area contributed by atoms with Gasteiger partial charge >= 0.3 is 0 Å². The van der Waals surface area contributed by atoms with Crippen LogP contribution in [0.5, 0.6) is 0 Å². The standard InChI is InChI=1S/C20H23N3O2S/c1-11-7-8-14(12(2)9-11)19-21-13(3)17(26-19)18(24)22-16-10-15(25-23-16)20(4,5)6/h7-10H,1-6H3,(H,22,23,24). The molecule has 2 heterocycles. The highest BCUT2D eigenvalue weighted by molar-refractivity contribution is 7.17. The third-order valence-corrected chi connectivity index (χ3v) is 5.30. The average molecular weight is 369 g/mol. The Hall–Kier alpha value is -2.47. The summed E-state index contributed by atoms with van der Waals surface area (Å²) in [7, 11) is 0. The van der Waals surface area contributed by atoms with Crippen LogP contribution in [0.2, 0.25) is 0 Å². The molecule has 0 aliphatic rings. The summed E-state index contributed by atoms with van der Waals surface area (Å²) >= 11 is 1.39. The van der Waals surface area contributed by atoms with Gasteiger partial charge < -0.3 is 9.84 Å². The summed E-state index contributed by atoms with van der Waals surface area (Å²) in [5.74, 6) is 0.926. The maximum absolute atomic E-state index is 12.7. The van der Waals surface area contributed by atoms with E-state index in [0.29, 0.717) is 16.4 Å². The zero-order chi connectivity index (χ0) is 19.1. The Labute approximate surface area is 157 Å². The third-order valence-electron chi connectivity index (χ3n) is 4.11. The molecule has 5 nitrogen and oxygen atoms in total. The van der Waals surface area contributed by atoms with Gasteiger partial charge in [-0.05, 0) is 26.3 Å². The molecule has 6 heteroatoms. The Morgan fingerprint density at radius 3 is 2.50 bits per heavy atom. The van der Waals surface area contributed by atoms with Crippen LogP contribution >= 0.6 is 11.3 Å². The molecule has 0 spiro atoms. The molecule has 0 bridgehead atoms. The minimum atomic E-state index is -0.218. The van der Waals surface area contributed by atoms with Gasteiger partial charge in [0.25, 0.3) is 5.91 Å². The zero-order valence-electron chi connectivity index (χ0n) is 15.9. The summed E-state index contributed by atoms with van der Waals surface area (Å²) in [6.07, 6.45) is 0. The first kappa shape index (κ1) is 18.3. The molecule has 0 radical (unpaired) electrons. The lowest BCUT2D eigenvalue weighted by atomic mass is 9.93. The molecule has 1 N–H and O–H groups in total. The summed E-state index contributed by atoms with van der Waals surface area (Å²) in [4.78, 5) is 17.8. The van der Waals surface area contributed by atoms with Crippen LogP contribution in [0.15, 0.2) is 28.8 Å². The Bertz CT molecular complexity index is 964. The summed E-state index contributed by atoms with van der Waals surface area (Å²) in [6, 6.07) is 7.99. The fraction of sp³-hybridized carbons (Fsp3) is 0.350. The maximum atomic E-state index is 12.7. The van der Waals surface area contributed by atoms with Crippen LogP contribution in [0.3, 0.4) is 0 Å². The molecule has 136 valence electrons. The first-order valence-corrected chi connectivity index (χ1v) is 9.30. The van der Waals surface area contributed by atoms with Crippen LogP contribution in [-0.2, 0) is 5.41 Å². The fourth-order valence-corrected chi connectivity index (χ4v) is 3.69. The number of thiazole rings is 1. The molecule has 26 heavy (non-hydrogen) atoms. The van der Waals surface area contributed by atoms with Gasteiger partial charge in [-0.25, -0.2) is 4.98 Å². The van der Waals surface area contributed by atoms with Crippen molar-refractivity contribution >= 4 is 23.1 Å². The second-order valence-corrected chi connectivity index (χ2v) is 8.53. The van der Waals surface area contributed by atoms with Crippen LogP contribution in [0.25, 0.3) is 10.6 Å². The summed E-state index contributed by atoms with van der Waals surface area (Å²) in [5, 5.41) is 7.60. The number of amides is 1. The normalized spacial score (nSPS) is 11.6. The van der Waals surface area contributed by atoms with Crippen molar-refractivity contribution in [3.63, 3.8) is 0 Å². The minimum Gasteiger partial charge on any atom is -0.359 e. The first-order chi connectivity index (χ1) is 12.1. The number of hydrogen-bond donors (Lipinski definition) is 1. The number of rotatable bonds is 3. The smallest absolute Gasteiger partial charge is 0.268 e. The number of nitrogens with zero attached hydrogens (tertiary/aromatic N) is 2. The van der Waals surface area contributed by atoms with Crippen molar-refractivity contribution in [1.82, 2.24) is 10.1 Å². The van der Waals surface area contributed by atoms with Gasteiger partial charge in [-0.1, -0.05) is 49.7 Å². The SMILES string of the molecule is Cc1ccc(-c2nc(C)c(C(=O)Nc3cc(C(C)(C)C)on3)s2)c(C)c1. The lowest BCUT2D eigenvalue weighted by Gasteiger charge is -2.11. The van der Waals surface area contributed by atoms with E-state index in [1.807, 2.05) is 27.7 Å². The van der Waals surface area contributed by atoms with Crippen LogP contribution in [0.1, 0.15) is 53.0 Å². The van der Waals surface area contributed by atoms with Gasteiger partial charge in [-0.15, -0.1) is 11.3 Å². The molecule has 1 aromatic carbocycles. The van der Waals surface area contributed by atoms with Gasteiger partial charge in [0.1, 0.15) is 15.6 Å². The van der Waals surface area contributed by atoms with E-state index in [2.05, 4.69) is 47.5 Å². The molecular formula is C20H23N3O2S. The molecular weight excluding hydrogens is 346 g/mol. The predicted octanol–water partition coefficient (Wildman–Crippen LogP) is 5.27. The molecule has 0 saturated heterocycles. The second-order valence-electron chi connectivity index (χ2n) is 7.53. The van der Waals surface area contributed by atoms with Crippen molar-refractivity contribution in [3.05, 3.63) is 51.7 Å². The van der Waals surface area contributed by atoms with Crippen molar-refractivity contribution in [2.45, 2.75) is 47.0 Å². The quantitative estimate of drug-likeness (QED) is 0.682. The fourth-order valence-electron chi connectivity index (χ4n) is 2.64. The number of aryl methyl sites for hydroxylation is 3. The van der Waals surface area contributed by atoms with E-state index in [9.17, 15) is 4.79 Å². The van der Waals surface area contributed by atoms with E-state index in [1.54, 1.807) is 6.07 Å². The van der Waals surface area contributed by atoms with Gasteiger partial charge in [0.15, 0.2) is 5.82 Å². The molecule has 3 rings (SSSR count). The molecule has 0 unspecified atom stereocenters. The first-order valence-electron chi connectivity index (χ1n) is 8.49. The molecule has 1 amide bonds. The Kier molecular flexibility index (Phi) is 4.71. The molecule has 0 aliphatic carbocycles. The lowest BCUT2D eigenvalue weighted by Crippen LogP contribution is -2.12. The number of benzene rings is 1. The minimum absolute atomic E-state index is 0.160. The van der Waals surface area contributed by atoms with Crippen molar-refractivity contribution in [3.8, 4) is 10.6 Å². The predicted molar refractivity (Wildman–Crippen MR) is 105 cm³/mol. The number of anilines is 1. The van der Waals surface area contributed by atoms with Crippen molar-refractivity contribution in [1.29, 1.82) is 0 Å². The van der Waals surface area contributed by atoms with Crippen molar-refractivity contribution in [2.24, 2.45) is 0 Å². The lowest BCUT2D eigenvalue weighted by molar-refractivity contribution is 0.102. The molecule has 3 aromatic rings.